The number of nitrogens with one attached hydrogen (secondary N) is 1. The van der Waals surface area contributed by atoms with E-state index in [1.807, 2.05) is 37.6 Å². The highest BCUT2D eigenvalue weighted by atomic mass is 79.9. The predicted octanol–water partition coefficient (Wildman–Crippen LogP) is 3.73. The second-order valence-corrected chi connectivity index (χ2v) is 5.73. The minimum atomic E-state index is 0.175. The zero-order valence-electron chi connectivity index (χ0n) is 11.6. The highest BCUT2D eigenvalue weighted by Gasteiger charge is 2.16. The summed E-state index contributed by atoms with van der Waals surface area (Å²) < 4.78 is 2.69. The van der Waals surface area contributed by atoms with Crippen molar-refractivity contribution in [1.82, 2.24) is 9.78 Å². The van der Waals surface area contributed by atoms with Crippen molar-refractivity contribution >= 4 is 33.1 Å². The third kappa shape index (κ3) is 2.63. The van der Waals surface area contributed by atoms with Gasteiger partial charge in [0, 0.05) is 10.5 Å². The first-order chi connectivity index (χ1) is 9.43. The van der Waals surface area contributed by atoms with Gasteiger partial charge in [-0.15, -0.1) is 0 Å². The first-order valence-corrected chi connectivity index (χ1v) is 7.04. The van der Waals surface area contributed by atoms with E-state index in [4.69, 9.17) is 5.73 Å². The summed E-state index contributed by atoms with van der Waals surface area (Å²) >= 11 is 3.36. The van der Waals surface area contributed by atoms with Crippen LogP contribution >= 0.6 is 15.9 Å². The van der Waals surface area contributed by atoms with Gasteiger partial charge in [-0.2, -0.15) is 10.4 Å². The molecule has 1 aromatic heterocycles. The van der Waals surface area contributed by atoms with Crippen molar-refractivity contribution in [3.63, 3.8) is 0 Å². The van der Waals surface area contributed by atoms with Crippen LogP contribution in [0.4, 0.5) is 17.2 Å². The Hall–Kier alpha value is -2.00. The molecule has 0 aliphatic carbocycles. The van der Waals surface area contributed by atoms with E-state index in [9.17, 15) is 5.26 Å². The average molecular weight is 334 g/mol. The fraction of sp³-hybridized carbons (Fsp3) is 0.286. The molecule has 0 saturated carbocycles. The van der Waals surface area contributed by atoms with E-state index in [1.165, 1.54) is 0 Å². The molecule has 104 valence electrons. The van der Waals surface area contributed by atoms with Gasteiger partial charge in [0.25, 0.3) is 0 Å². The van der Waals surface area contributed by atoms with Crippen molar-refractivity contribution in [3.8, 4) is 6.07 Å². The fourth-order valence-electron chi connectivity index (χ4n) is 1.90. The lowest BCUT2D eigenvalue weighted by molar-refractivity contribution is 0.536. The number of nitriles is 1. The Bertz CT molecular complexity index is 682. The number of benzene rings is 1. The normalized spacial score (nSPS) is 10.6. The van der Waals surface area contributed by atoms with Gasteiger partial charge in [0.2, 0.25) is 0 Å². The molecule has 0 saturated heterocycles. The van der Waals surface area contributed by atoms with Crippen LogP contribution in [-0.4, -0.2) is 9.78 Å². The van der Waals surface area contributed by atoms with E-state index in [0.717, 1.165) is 16.0 Å². The number of nitrogens with two attached hydrogens (primary N) is 1. The SMILES string of the molecule is Cc1nn(C(C)C)c(Nc2ccc(Br)cc2C#N)c1N. The molecule has 3 N–H and O–H groups in total. The van der Waals surface area contributed by atoms with Gasteiger partial charge in [0.15, 0.2) is 5.82 Å². The van der Waals surface area contributed by atoms with Gasteiger partial charge >= 0.3 is 0 Å². The molecule has 2 rings (SSSR count). The second-order valence-electron chi connectivity index (χ2n) is 4.81. The number of aryl methyl sites for hydroxylation is 1. The molecular formula is C14H16BrN5. The van der Waals surface area contributed by atoms with Gasteiger partial charge in [0.1, 0.15) is 6.07 Å². The topological polar surface area (TPSA) is 79.7 Å². The Morgan fingerprint density at radius 2 is 2.15 bits per heavy atom. The molecule has 2 aromatic rings. The Labute approximate surface area is 126 Å². The minimum absolute atomic E-state index is 0.175. The lowest BCUT2D eigenvalue weighted by atomic mass is 10.2. The quantitative estimate of drug-likeness (QED) is 0.896. The number of hydrogen-bond acceptors (Lipinski definition) is 4. The number of nitrogen functional groups attached to an aromatic ring is 1. The lowest BCUT2D eigenvalue weighted by Crippen LogP contribution is -2.08. The Balaban J connectivity index is 2.48. The van der Waals surface area contributed by atoms with Gasteiger partial charge in [-0.25, -0.2) is 4.68 Å². The molecule has 0 atom stereocenters. The zero-order chi connectivity index (χ0) is 14.9. The highest BCUT2D eigenvalue weighted by Crippen LogP contribution is 2.30. The summed E-state index contributed by atoms with van der Waals surface area (Å²) in [6.07, 6.45) is 0. The maximum Gasteiger partial charge on any atom is 0.152 e. The second kappa shape index (κ2) is 5.55. The first kappa shape index (κ1) is 14.4. The van der Waals surface area contributed by atoms with Crippen LogP contribution in [0.3, 0.4) is 0 Å². The summed E-state index contributed by atoms with van der Waals surface area (Å²) in [5.41, 5.74) is 8.71. The van der Waals surface area contributed by atoms with Crippen molar-refractivity contribution in [2.75, 3.05) is 11.1 Å². The van der Waals surface area contributed by atoms with Crippen molar-refractivity contribution in [3.05, 3.63) is 33.9 Å². The van der Waals surface area contributed by atoms with Crippen LogP contribution in [0.5, 0.6) is 0 Å². The molecule has 20 heavy (non-hydrogen) atoms. The van der Waals surface area contributed by atoms with Crippen molar-refractivity contribution in [1.29, 1.82) is 5.26 Å². The Morgan fingerprint density at radius 1 is 1.45 bits per heavy atom. The number of rotatable bonds is 3. The number of nitrogens with zero attached hydrogens (tertiary/aromatic N) is 3. The van der Waals surface area contributed by atoms with Crippen LogP contribution in [0, 0.1) is 18.3 Å². The smallest absolute Gasteiger partial charge is 0.152 e. The lowest BCUT2D eigenvalue weighted by Gasteiger charge is -2.14. The predicted molar refractivity (Wildman–Crippen MR) is 83.9 cm³/mol. The molecular weight excluding hydrogens is 318 g/mol. The molecule has 0 aliphatic rings. The van der Waals surface area contributed by atoms with Crippen LogP contribution in [0.25, 0.3) is 0 Å². The summed E-state index contributed by atoms with van der Waals surface area (Å²) in [6.45, 7) is 5.93. The summed E-state index contributed by atoms with van der Waals surface area (Å²) in [5.74, 6) is 0.719. The van der Waals surface area contributed by atoms with E-state index in [1.54, 1.807) is 6.07 Å². The first-order valence-electron chi connectivity index (χ1n) is 6.25. The van der Waals surface area contributed by atoms with Crippen LogP contribution in [0.2, 0.25) is 0 Å². The molecule has 0 amide bonds. The third-order valence-electron chi connectivity index (χ3n) is 2.98. The summed E-state index contributed by atoms with van der Waals surface area (Å²) in [6, 6.07) is 7.83. The average Bonchev–Trinajstić information content (AvgIpc) is 2.69. The Kier molecular flexibility index (Phi) is 4.00. The maximum absolute atomic E-state index is 9.21. The van der Waals surface area contributed by atoms with Crippen molar-refractivity contribution < 1.29 is 0 Å². The molecule has 1 aromatic carbocycles. The molecule has 0 bridgehead atoms. The largest absolute Gasteiger partial charge is 0.394 e. The number of halogens is 1. The number of aromatic nitrogens is 2. The highest BCUT2D eigenvalue weighted by molar-refractivity contribution is 9.10. The monoisotopic (exact) mass is 333 g/mol. The molecule has 0 unspecified atom stereocenters. The van der Waals surface area contributed by atoms with E-state index in [0.29, 0.717) is 16.9 Å². The maximum atomic E-state index is 9.21. The number of anilines is 3. The Morgan fingerprint density at radius 3 is 2.75 bits per heavy atom. The molecule has 6 heteroatoms. The molecule has 1 heterocycles. The van der Waals surface area contributed by atoms with Gasteiger partial charge < -0.3 is 11.1 Å². The summed E-state index contributed by atoms with van der Waals surface area (Å²) in [7, 11) is 0. The summed E-state index contributed by atoms with van der Waals surface area (Å²) in [4.78, 5) is 0. The molecule has 5 nitrogen and oxygen atoms in total. The number of hydrogen-bond donors (Lipinski definition) is 2. The van der Waals surface area contributed by atoms with E-state index >= 15 is 0 Å². The molecule has 0 radical (unpaired) electrons. The van der Waals surface area contributed by atoms with E-state index < -0.39 is 0 Å². The summed E-state index contributed by atoms with van der Waals surface area (Å²) in [5, 5.41) is 16.8. The zero-order valence-corrected chi connectivity index (χ0v) is 13.2. The molecule has 0 aliphatic heterocycles. The van der Waals surface area contributed by atoms with Crippen molar-refractivity contribution in [2.45, 2.75) is 26.8 Å². The molecule has 0 fully saturated rings. The van der Waals surface area contributed by atoms with Gasteiger partial charge in [0.05, 0.1) is 22.6 Å². The van der Waals surface area contributed by atoms with Crippen LogP contribution in [0.15, 0.2) is 22.7 Å². The van der Waals surface area contributed by atoms with Crippen LogP contribution < -0.4 is 11.1 Å². The molecule has 0 spiro atoms. The van der Waals surface area contributed by atoms with Crippen LogP contribution in [0.1, 0.15) is 31.1 Å². The van der Waals surface area contributed by atoms with Gasteiger partial charge in [-0.3, -0.25) is 0 Å². The van der Waals surface area contributed by atoms with Gasteiger partial charge in [-0.05, 0) is 39.0 Å². The van der Waals surface area contributed by atoms with E-state index in [2.05, 4.69) is 32.4 Å². The van der Waals surface area contributed by atoms with Gasteiger partial charge in [-0.1, -0.05) is 15.9 Å². The van der Waals surface area contributed by atoms with Crippen LogP contribution in [-0.2, 0) is 0 Å². The fourth-order valence-corrected chi connectivity index (χ4v) is 2.27. The van der Waals surface area contributed by atoms with E-state index in [-0.39, 0.29) is 6.04 Å². The minimum Gasteiger partial charge on any atom is -0.394 e. The van der Waals surface area contributed by atoms with Crippen molar-refractivity contribution in [2.24, 2.45) is 0 Å². The third-order valence-corrected chi connectivity index (χ3v) is 3.47. The standard InChI is InChI=1S/C14H16BrN5/c1-8(2)20-14(13(17)9(3)19-20)18-12-5-4-11(15)6-10(12)7-16/h4-6,8,18H,17H2,1-3H3.